The van der Waals surface area contributed by atoms with Crippen molar-refractivity contribution < 1.29 is 4.48 Å². The SMILES string of the molecule is CCCCC[N+](CCCC)(CCCC)CCCCCl. The highest BCUT2D eigenvalue weighted by Gasteiger charge is 2.25. The summed E-state index contributed by atoms with van der Waals surface area (Å²) in [6.07, 6.45) is 12.1. The predicted octanol–water partition coefficient (Wildman–Crippen LogP) is 5.61. The average Bonchev–Trinajstić information content (AvgIpc) is 2.43. The van der Waals surface area contributed by atoms with E-state index in [2.05, 4.69) is 20.8 Å². The van der Waals surface area contributed by atoms with Gasteiger partial charge in [0.1, 0.15) is 0 Å². The predicted molar refractivity (Wildman–Crippen MR) is 89.0 cm³/mol. The molecule has 116 valence electrons. The molecule has 0 atom stereocenters. The molecule has 0 amide bonds. The lowest BCUT2D eigenvalue weighted by atomic mass is 10.1. The highest BCUT2D eigenvalue weighted by atomic mass is 35.5. The first-order chi connectivity index (χ1) is 9.24. The molecule has 0 aliphatic heterocycles. The molecule has 0 saturated heterocycles. The van der Waals surface area contributed by atoms with Gasteiger partial charge >= 0.3 is 0 Å². The van der Waals surface area contributed by atoms with Crippen LogP contribution in [0.4, 0.5) is 0 Å². The van der Waals surface area contributed by atoms with Crippen molar-refractivity contribution in [2.45, 2.75) is 78.6 Å². The highest BCUT2D eigenvalue weighted by Crippen LogP contribution is 2.17. The molecule has 0 N–H and O–H groups in total. The van der Waals surface area contributed by atoms with Gasteiger partial charge in [0.2, 0.25) is 0 Å². The molecule has 0 aromatic rings. The van der Waals surface area contributed by atoms with Crippen molar-refractivity contribution >= 4 is 11.6 Å². The second kappa shape index (κ2) is 13.2. The van der Waals surface area contributed by atoms with Gasteiger partial charge in [-0.05, 0) is 38.5 Å². The lowest BCUT2D eigenvalue weighted by molar-refractivity contribution is -0.929. The van der Waals surface area contributed by atoms with E-state index in [-0.39, 0.29) is 0 Å². The summed E-state index contributed by atoms with van der Waals surface area (Å²) in [4.78, 5) is 0. The fourth-order valence-corrected chi connectivity index (χ4v) is 3.09. The summed E-state index contributed by atoms with van der Waals surface area (Å²) in [7, 11) is 0. The molecule has 0 fully saturated rings. The standard InChI is InChI=1S/C17H37ClN/c1-4-7-11-16-19(14-8-5-2,15-9-6-3)17-12-10-13-18/h4-17H2,1-3H3/q+1. The van der Waals surface area contributed by atoms with Gasteiger partial charge in [0.15, 0.2) is 0 Å². The van der Waals surface area contributed by atoms with Gasteiger partial charge in [-0.1, -0.05) is 40.0 Å². The Morgan fingerprint density at radius 2 is 1.00 bits per heavy atom. The molecule has 2 heteroatoms. The summed E-state index contributed by atoms with van der Waals surface area (Å²) in [6, 6.07) is 0. The fourth-order valence-electron chi connectivity index (χ4n) is 2.90. The van der Waals surface area contributed by atoms with Gasteiger partial charge in [-0.25, -0.2) is 0 Å². The third kappa shape index (κ3) is 9.73. The number of rotatable bonds is 14. The van der Waals surface area contributed by atoms with Gasteiger partial charge < -0.3 is 4.48 Å². The van der Waals surface area contributed by atoms with Crippen molar-refractivity contribution in [1.29, 1.82) is 0 Å². The normalized spacial score (nSPS) is 12.0. The third-order valence-electron chi connectivity index (χ3n) is 4.22. The zero-order valence-electron chi connectivity index (χ0n) is 13.7. The van der Waals surface area contributed by atoms with Crippen molar-refractivity contribution in [2.24, 2.45) is 0 Å². The quantitative estimate of drug-likeness (QED) is 0.221. The zero-order valence-corrected chi connectivity index (χ0v) is 14.5. The molecular formula is C17H37ClN+. The maximum atomic E-state index is 5.86. The van der Waals surface area contributed by atoms with Crippen LogP contribution in [0.1, 0.15) is 78.6 Å². The maximum Gasteiger partial charge on any atom is 0.0787 e. The monoisotopic (exact) mass is 290 g/mol. The van der Waals surface area contributed by atoms with Crippen LogP contribution in [0.25, 0.3) is 0 Å². The molecule has 19 heavy (non-hydrogen) atoms. The van der Waals surface area contributed by atoms with Crippen LogP contribution in [0.2, 0.25) is 0 Å². The van der Waals surface area contributed by atoms with Crippen molar-refractivity contribution in [2.75, 3.05) is 32.1 Å². The first kappa shape index (κ1) is 19.2. The number of hydrogen-bond donors (Lipinski definition) is 0. The Hall–Kier alpha value is 0.250. The van der Waals surface area contributed by atoms with Gasteiger partial charge in [0, 0.05) is 5.88 Å². The van der Waals surface area contributed by atoms with E-state index >= 15 is 0 Å². The summed E-state index contributed by atoms with van der Waals surface area (Å²) < 4.78 is 1.37. The molecule has 0 bridgehead atoms. The first-order valence-corrected chi connectivity index (χ1v) is 9.19. The van der Waals surface area contributed by atoms with Crippen LogP contribution in [0.5, 0.6) is 0 Å². The Balaban J connectivity index is 4.44. The number of quaternary nitrogens is 1. The van der Waals surface area contributed by atoms with Gasteiger partial charge in [0.25, 0.3) is 0 Å². The molecule has 0 aromatic carbocycles. The molecule has 0 aliphatic carbocycles. The van der Waals surface area contributed by atoms with Crippen molar-refractivity contribution in [3.05, 3.63) is 0 Å². The van der Waals surface area contributed by atoms with Crippen molar-refractivity contribution in [3.63, 3.8) is 0 Å². The minimum Gasteiger partial charge on any atom is -0.324 e. The van der Waals surface area contributed by atoms with Gasteiger partial charge in [-0.2, -0.15) is 0 Å². The van der Waals surface area contributed by atoms with E-state index in [1.165, 1.54) is 88.4 Å². The van der Waals surface area contributed by atoms with Crippen molar-refractivity contribution in [3.8, 4) is 0 Å². The number of alkyl halides is 1. The van der Waals surface area contributed by atoms with Gasteiger partial charge in [0.05, 0.1) is 26.2 Å². The first-order valence-electron chi connectivity index (χ1n) is 8.65. The molecule has 0 saturated carbocycles. The van der Waals surface area contributed by atoms with Crippen LogP contribution in [-0.4, -0.2) is 36.5 Å². The molecule has 0 unspecified atom stereocenters. The molecule has 0 aliphatic rings. The number of nitrogens with zero attached hydrogens (tertiary/aromatic N) is 1. The second-order valence-electron chi connectivity index (χ2n) is 6.05. The largest absolute Gasteiger partial charge is 0.324 e. The van der Waals surface area contributed by atoms with E-state index in [9.17, 15) is 0 Å². The Labute approximate surface area is 127 Å². The van der Waals surface area contributed by atoms with Crippen LogP contribution in [0.3, 0.4) is 0 Å². The highest BCUT2D eigenvalue weighted by molar-refractivity contribution is 6.17. The van der Waals surface area contributed by atoms with Crippen LogP contribution < -0.4 is 0 Å². The summed E-state index contributed by atoms with van der Waals surface area (Å²) in [5.41, 5.74) is 0. The summed E-state index contributed by atoms with van der Waals surface area (Å²) >= 11 is 5.86. The molecule has 0 heterocycles. The average molecular weight is 291 g/mol. The van der Waals surface area contributed by atoms with E-state index in [1.54, 1.807) is 0 Å². The number of unbranched alkanes of at least 4 members (excludes halogenated alkanes) is 5. The minimum atomic E-state index is 0.830. The zero-order chi connectivity index (χ0) is 14.4. The summed E-state index contributed by atoms with van der Waals surface area (Å²) in [5.74, 6) is 0.830. The lowest BCUT2D eigenvalue weighted by Crippen LogP contribution is -2.50. The Morgan fingerprint density at radius 3 is 1.42 bits per heavy atom. The van der Waals surface area contributed by atoms with E-state index in [0.717, 1.165) is 5.88 Å². The fraction of sp³-hybridized carbons (Fsp3) is 1.00. The van der Waals surface area contributed by atoms with Gasteiger partial charge in [-0.3, -0.25) is 0 Å². The summed E-state index contributed by atoms with van der Waals surface area (Å²) in [6.45, 7) is 12.5. The summed E-state index contributed by atoms with van der Waals surface area (Å²) in [5, 5.41) is 0. The van der Waals surface area contributed by atoms with Crippen LogP contribution in [0, 0.1) is 0 Å². The van der Waals surface area contributed by atoms with E-state index in [4.69, 9.17) is 11.6 Å². The van der Waals surface area contributed by atoms with E-state index in [1.807, 2.05) is 0 Å². The van der Waals surface area contributed by atoms with E-state index in [0.29, 0.717) is 0 Å². The molecule has 0 spiro atoms. The smallest absolute Gasteiger partial charge is 0.0787 e. The number of halogens is 1. The second-order valence-corrected chi connectivity index (χ2v) is 6.42. The third-order valence-corrected chi connectivity index (χ3v) is 4.49. The molecule has 0 radical (unpaired) electrons. The Kier molecular flexibility index (Phi) is 13.4. The van der Waals surface area contributed by atoms with Crippen LogP contribution in [-0.2, 0) is 0 Å². The molecule has 1 nitrogen and oxygen atoms in total. The topological polar surface area (TPSA) is 0 Å². The molecule has 0 rings (SSSR count). The van der Waals surface area contributed by atoms with Gasteiger partial charge in [-0.15, -0.1) is 11.6 Å². The molecule has 0 aromatic heterocycles. The lowest BCUT2D eigenvalue weighted by Gasteiger charge is -2.39. The Bertz CT molecular complexity index is 162. The van der Waals surface area contributed by atoms with Crippen LogP contribution >= 0.6 is 11.6 Å². The van der Waals surface area contributed by atoms with E-state index < -0.39 is 0 Å². The van der Waals surface area contributed by atoms with Crippen molar-refractivity contribution in [1.82, 2.24) is 0 Å². The number of hydrogen-bond acceptors (Lipinski definition) is 0. The molecular weight excluding hydrogens is 254 g/mol. The minimum absolute atomic E-state index is 0.830. The Morgan fingerprint density at radius 1 is 0.579 bits per heavy atom. The maximum absolute atomic E-state index is 5.86. The van der Waals surface area contributed by atoms with Crippen LogP contribution in [0.15, 0.2) is 0 Å².